The molecule has 0 radical (unpaired) electrons. The van der Waals surface area contributed by atoms with Crippen LogP contribution in [0.2, 0.25) is 0 Å². The molecule has 0 aliphatic carbocycles. The van der Waals surface area contributed by atoms with Gasteiger partial charge in [-0.25, -0.2) is 9.18 Å². The summed E-state index contributed by atoms with van der Waals surface area (Å²) in [5.41, 5.74) is 2.80. The van der Waals surface area contributed by atoms with E-state index in [0.29, 0.717) is 17.8 Å². The molecule has 0 atom stereocenters. The third-order valence-corrected chi connectivity index (χ3v) is 3.14. The number of halogens is 1. The van der Waals surface area contributed by atoms with Crippen LogP contribution in [-0.4, -0.2) is 21.4 Å². The van der Waals surface area contributed by atoms with Gasteiger partial charge in [-0.05, 0) is 32.9 Å². The number of hydrogen-bond acceptors (Lipinski definition) is 4. The first kappa shape index (κ1) is 15.7. The van der Waals surface area contributed by atoms with Gasteiger partial charge in [0, 0.05) is 23.8 Å². The fraction of sp³-hybridized carbons (Fsp3) is 0.267. The monoisotopic (exact) mass is 305 g/mol. The zero-order chi connectivity index (χ0) is 16.4. The molecule has 2 aromatic rings. The molecular weight excluding hydrogens is 289 g/mol. The lowest BCUT2D eigenvalue weighted by Gasteiger charge is -2.12. The fourth-order valence-corrected chi connectivity index (χ4v) is 2.08. The summed E-state index contributed by atoms with van der Waals surface area (Å²) >= 11 is 0. The zero-order valence-electron chi connectivity index (χ0n) is 12.5. The Bertz CT molecular complexity index is 836. The summed E-state index contributed by atoms with van der Waals surface area (Å²) in [6.07, 6.45) is 1.27. The number of nitrogens with one attached hydrogen (secondary N) is 1. The predicted octanol–water partition coefficient (Wildman–Crippen LogP) is 2.67. The van der Waals surface area contributed by atoms with Crippen LogP contribution in [0.5, 0.6) is 0 Å². The Balaban J connectivity index is 2.77. The third-order valence-electron chi connectivity index (χ3n) is 3.14. The van der Waals surface area contributed by atoms with Crippen LogP contribution in [0.15, 0.2) is 28.2 Å². The molecule has 6 nitrogen and oxygen atoms in total. The number of carboxylic acids is 1. The Morgan fingerprint density at radius 1 is 1.41 bits per heavy atom. The molecule has 22 heavy (non-hydrogen) atoms. The van der Waals surface area contributed by atoms with Crippen molar-refractivity contribution in [3.8, 4) is 0 Å². The summed E-state index contributed by atoms with van der Waals surface area (Å²) in [7, 11) is 0. The van der Waals surface area contributed by atoms with Crippen molar-refractivity contribution in [2.75, 3.05) is 5.43 Å². The van der Waals surface area contributed by atoms with Gasteiger partial charge >= 0.3 is 5.97 Å². The number of aromatic carboxylic acids is 1. The van der Waals surface area contributed by atoms with E-state index >= 15 is 0 Å². The molecule has 1 aromatic carbocycles. The van der Waals surface area contributed by atoms with Crippen molar-refractivity contribution < 1.29 is 14.3 Å². The Labute approximate surface area is 125 Å². The van der Waals surface area contributed by atoms with E-state index < -0.39 is 17.2 Å². The molecule has 1 heterocycles. The number of pyridine rings is 1. The Hall–Kier alpha value is -2.70. The fourth-order valence-electron chi connectivity index (χ4n) is 2.08. The predicted molar refractivity (Wildman–Crippen MR) is 83.2 cm³/mol. The molecular formula is C15H16FN3O3. The minimum atomic E-state index is -1.33. The number of aromatic nitrogens is 1. The molecule has 0 fully saturated rings. The maximum Gasteiger partial charge on any atom is 0.341 e. The van der Waals surface area contributed by atoms with E-state index in [1.807, 2.05) is 0 Å². The minimum Gasteiger partial charge on any atom is -0.477 e. The van der Waals surface area contributed by atoms with Crippen LogP contribution in [-0.2, 0) is 6.54 Å². The van der Waals surface area contributed by atoms with Crippen LogP contribution in [0.4, 0.5) is 10.1 Å². The standard InChI is InChI=1S/C15H16FN3O3/c1-4-19-7-10(15(21)22)14(20)9-5-11(16)12(6-13(9)19)18-17-8(2)3/h5-7,18H,4H2,1-3H3,(H,21,22). The zero-order valence-corrected chi connectivity index (χ0v) is 12.5. The van der Waals surface area contributed by atoms with Crippen LogP contribution in [0, 0.1) is 5.82 Å². The van der Waals surface area contributed by atoms with Gasteiger partial charge in [0.2, 0.25) is 5.43 Å². The first-order chi connectivity index (χ1) is 10.3. The number of aryl methyl sites for hydroxylation is 1. The summed E-state index contributed by atoms with van der Waals surface area (Å²) in [5, 5.41) is 13.0. The summed E-state index contributed by atoms with van der Waals surface area (Å²) < 4.78 is 15.7. The van der Waals surface area contributed by atoms with Crippen molar-refractivity contribution in [3.05, 3.63) is 39.9 Å². The number of carbonyl (C=O) groups is 1. The second-order valence-corrected chi connectivity index (χ2v) is 4.98. The average molecular weight is 305 g/mol. The lowest BCUT2D eigenvalue weighted by molar-refractivity contribution is 0.0695. The van der Waals surface area contributed by atoms with Gasteiger partial charge in [0.1, 0.15) is 11.4 Å². The van der Waals surface area contributed by atoms with Gasteiger partial charge in [-0.3, -0.25) is 10.2 Å². The van der Waals surface area contributed by atoms with Crippen LogP contribution in [0.3, 0.4) is 0 Å². The lowest BCUT2D eigenvalue weighted by Crippen LogP contribution is -2.19. The molecule has 0 aliphatic rings. The topological polar surface area (TPSA) is 83.7 Å². The normalized spacial score (nSPS) is 10.5. The molecule has 0 saturated carbocycles. The van der Waals surface area contributed by atoms with Crippen LogP contribution < -0.4 is 10.9 Å². The third kappa shape index (κ3) is 2.83. The number of anilines is 1. The number of benzene rings is 1. The summed E-state index contributed by atoms with van der Waals surface area (Å²) in [5.74, 6) is -2.00. The molecule has 2 rings (SSSR count). The molecule has 0 aliphatic heterocycles. The van der Waals surface area contributed by atoms with Crippen molar-refractivity contribution in [3.63, 3.8) is 0 Å². The molecule has 0 unspecified atom stereocenters. The largest absolute Gasteiger partial charge is 0.477 e. The van der Waals surface area contributed by atoms with E-state index in [4.69, 9.17) is 5.11 Å². The average Bonchev–Trinajstić information content (AvgIpc) is 2.45. The first-order valence-corrected chi connectivity index (χ1v) is 6.72. The summed E-state index contributed by atoms with van der Waals surface area (Å²) in [6, 6.07) is 2.49. The van der Waals surface area contributed by atoms with Gasteiger partial charge in [0.15, 0.2) is 0 Å². The van der Waals surface area contributed by atoms with Crippen molar-refractivity contribution in [2.45, 2.75) is 27.3 Å². The van der Waals surface area contributed by atoms with E-state index in [2.05, 4.69) is 10.5 Å². The van der Waals surface area contributed by atoms with Gasteiger partial charge in [-0.2, -0.15) is 5.10 Å². The lowest BCUT2D eigenvalue weighted by atomic mass is 10.1. The number of hydrazone groups is 1. The molecule has 7 heteroatoms. The van der Waals surface area contributed by atoms with Crippen molar-refractivity contribution in [1.82, 2.24) is 4.57 Å². The van der Waals surface area contributed by atoms with Gasteiger partial charge in [0.05, 0.1) is 11.2 Å². The van der Waals surface area contributed by atoms with E-state index in [1.165, 1.54) is 12.3 Å². The quantitative estimate of drug-likeness (QED) is 0.672. The highest BCUT2D eigenvalue weighted by molar-refractivity contribution is 5.93. The molecule has 0 bridgehead atoms. The highest BCUT2D eigenvalue weighted by atomic mass is 19.1. The van der Waals surface area contributed by atoms with Crippen LogP contribution >= 0.6 is 0 Å². The molecule has 116 valence electrons. The van der Waals surface area contributed by atoms with Gasteiger partial charge in [-0.1, -0.05) is 0 Å². The molecule has 1 aromatic heterocycles. The summed E-state index contributed by atoms with van der Waals surface area (Å²) in [4.78, 5) is 23.3. The van der Waals surface area contributed by atoms with E-state index in [-0.39, 0.29) is 16.6 Å². The maximum absolute atomic E-state index is 14.1. The van der Waals surface area contributed by atoms with Crippen molar-refractivity contribution in [1.29, 1.82) is 0 Å². The Morgan fingerprint density at radius 3 is 2.64 bits per heavy atom. The van der Waals surface area contributed by atoms with E-state index in [1.54, 1.807) is 25.3 Å². The van der Waals surface area contributed by atoms with Crippen LogP contribution in [0.25, 0.3) is 10.9 Å². The maximum atomic E-state index is 14.1. The summed E-state index contributed by atoms with van der Waals surface area (Å²) in [6.45, 7) is 5.76. The molecule has 0 amide bonds. The minimum absolute atomic E-state index is 0.0296. The second-order valence-electron chi connectivity index (χ2n) is 4.98. The number of fused-ring (bicyclic) bond motifs is 1. The van der Waals surface area contributed by atoms with Crippen LogP contribution in [0.1, 0.15) is 31.1 Å². The number of hydrogen-bond donors (Lipinski definition) is 2. The Morgan fingerprint density at radius 2 is 2.09 bits per heavy atom. The number of nitrogens with zero attached hydrogens (tertiary/aromatic N) is 2. The molecule has 0 saturated heterocycles. The van der Waals surface area contributed by atoms with Gasteiger partial charge < -0.3 is 9.67 Å². The van der Waals surface area contributed by atoms with E-state index in [0.717, 1.165) is 6.07 Å². The number of carboxylic acid groups (broad SMARTS) is 1. The molecule has 0 spiro atoms. The highest BCUT2D eigenvalue weighted by Gasteiger charge is 2.16. The van der Waals surface area contributed by atoms with Gasteiger partial charge in [0.25, 0.3) is 0 Å². The number of rotatable bonds is 4. The highest BCUT2D eigenvalue weighted by Crippen LogP contribution is 2.22. The SMILES string of the molecule is CCn1cc(C(=O)O)c(=O)c2cc(F)c(NN=C(C)C)cc21. The van der Waals surface area contributed by atoms with E-state index in [9.17, 15) is 14.0 Å². The molecule has 2 N–H and O–H groups in total. The van der Waals surface area contributed by atoms with Gasteiger partial charge in [-0.15, -0.1) is 0 Å². The smallest absolute Gasteiger partial charge is 0.341 e. The second kappa shape index (κ2) is 5.97. The Kier molecular flexibility index (Phi) is 4.25. The van der Waals surface area contributed by atoms with Crippen molar-refractivity contribution in [2.24, 2.45) is 5.10 Å². The van der Waals surface area contributed by atoms with Crippen molar-refractivity contribution >= 4 is 28.3 Å². The first-order valence-electron chi connectivity index (χ1n) is 6.72.